The molecule has 0 radical (unpaired) electrons. The number of ether oxygens (including phenoxy) is 1. The van der Waals surface area contributed by atoms with E-state index in [1.165, 1.54) is 6.92 Å². The van der Waals surface area contributed by atoms with E-state index in [9.17, 15) is 4.79 Å². The molecule has 0 aliphatic rings. The van der Waals surface area contributed by atoms with Gasteiger partial charge in [-0.3, -0.25) is 0 Å². The lowest BCUT2D eigenvalue weighted by Crippen LogP contribution is -2.20. The minimum Gasteiger partial charge on any atom is -0.463 e. The fourth-order valence-electron chi connectivity index (χ4n) is 0.397. The summed E-state index contributed by atoms with van der Waals surface area (Å²) in [6.07, 6.45) is 0. The number of hydrogen-bond acceptors (Lipinski definition) is 2. The van der Waals surface area contributed by atoms with E-state index in [4.69, 9.17) is 23.2 Å². The van der Waals surface area contributed by atoms with Crippen LogP contribution in [0.3, 0.4) is 0 Å². The zero-order valence-corrected chi connectivity index (χ0v) is 8.00. The molecule has 0 unspecified atom stereocenters. The quantitative estimate of drug-likeness (QED) is 0.394. The van der Waals surface area contributed by atoms with Gasteiger partial charge in [-0.1, -0.05) is 29.8 Å². The molecule has 0 aliphatic carbocycles. The van der Waals surface area contributed by atoms with Crippen LogP contribution in [0.5, 0.6) is 0 Å². The first-order chi connectivity index (χ1) is 4.89. The highest BCUT2D eigenvalue weighted by atomic mass is 35.5. The third-order valence-electron chi connectivity index (χ3n) is 1.05. The first-order valence-corrected chi connectivity index (χ1v) is 3.89. The highest BCUT2D eigenvalue weighted by Crippen LogP contribution is 2.28. The van der Waals surface area contributed by atoms with Crippen molar-refractivity contribution in [1.29, 1.82) is 0 Å². The van der Waals surface area contributed by atoms with Crippen molar-refractivity contribution in [1.82, 2.24) is 0 Å². The standard InChI is InChI=1S/C7H10Cl2O2/c1-4-11-6(10)5(2)7(3,8)9/h2,4H2,1,3H3. The maximum absolute atomic E-state index is 10.9. The Labute approximate surface area is 76.1 Å². The van der Waals surface area contributed by atoms with Crippen molar-refractivity contribution >= 4 is 29.2 Å². The Morgan fingerprint density at radius 1 is 1.64 bits per heavy atom. The molecule has 0 rings (SSSR count). The molecule has 0 spiro atoms. The van der Waals surface area contributed by atoms with Crippen molar-refractivity contribution in [3.63, 3.8) is 0 Å². The lowest BCUT2D eigenvalue weighted by Gasteiger charge is -2.14. The molecular weight excluding hydrogens is 187 g/mol. The Kier molecular flexibility index (Phi) is 3.90. The van der Waals surface area contributed by atoms with Crippen LogP contribution in [-0.4, -0.2) is 16.9 Å². The van der Waals surface area contributed by atoms with E-state index < -0.39 is 10.3 Å². The van der Waals surface area contributed by atoms with Crippen LogP contribution in [0.2, 0.25) is 0 Å². The topological polar surface area (TPSA) is 26.3 Å². The molecule has 2 nitrogen and oxygen atoms in total. The monoisotopic (exact) mass is 196 g/mol. The van der Waals surface area contributed by atoms with Gasteiger partial charge in [0, 0.05) is 0 Å². The molecule has 0 saturated carbocycles. The van der Waals surface area contributed by atoms with Gasteiger partial charge >= 0.3 is 5.97 Å². The number of esters is 1. The molecule has 4 heteroatoms. The first-order valence-electron chi connectivity index (χ1n) is 3.14. The smallest absolute Gasteiger partial charge is 0.336 e. The molecule has 0 N–H and O–H groups in total. The van der Waals surface area contributed by atoms with Crippen LogP contribution < -0.4 is 0 Å². The molecule has 11 heavy (non-hydrogen) atoms. The fourth-order valence-corrected chi connectivity index (χ4v) is 0.552. The van der Waals surface area contributed by atoms with Gasteiger partial charge < -0.3 is 4.74 Å². The van der Waals surface area contributed by atoms with Crippen LogP contribution in [0.4, 0.5) is 0 Å². The average Bonchev–Trinajstić information content (AvgIpc) is 1.85. The molecule has 0 heterocycles. The van der Waals surface area contributed by atoms with Gasteiger partial charge in [0.2, 0.25) is 0 Å². The molecule has 0 aromatic carbocycles. The summed E-state index contributed by atoms with van der Waals surface area (Å²) in [6.45, 7) is 6.87. The second-order valence-corrected chi connectivity index (χ2v) is 3.79. The maximum atomic E-state index is 10.9. The molecule has 0 aromatic heterocycles. The summed E-state index contributed by atoms with van der Waals surface area (Å²) < 4.78 is 3.38. The largest absolute Gasteiger partial charge is 0.463 e. The number of alkyl halides is 2. The maximum Gasteiger partial charge on any atom is 0.336 e. The van der Waals surface area contributed by atoms with E-state index in [1.54, 1.807) is 6.92 Å². The van der Waals surface area contributed by atoms with E-state index in [-0.39, 0.29) is 5.57 Å². The summed E-state index contributed by atoms with van der Waals surface area (Å²) in [4.78, 5) is 10.9. The number of carbonyl (C=O) groups is 1. The molecule has 0 bridgehead atoms. The van der Waals surface area contributed by atoms with Gasteiger partial charge in [-0.2, -0.15) is 0 Å². The lowest BCUT2D eigenvalue weighted by atomic mass is 10.2. The summed E-state index contributed by atoms with van der Waals surface area (Å²) in [5.41, 5.74) is 0.0580. The van der Waals surface area contributed by atoms with Crippen molar-refractivity contribution in [2.24, 2.45) is 0 Å². The summed E-state index contributed by atoms with van der Waals surface area (Å²) >= 11 is 11.2. The van der Waals surface area contributed by atoms with Gasteiger partial charge in [-0.25, -0.2) is 4.79 Å². The molecule has 0 saturated heterocycles. The Hall–Kier alpha value is -0.210. The zero-order chi connectivity index (χ0) is 9.07. The summed E-state index contributed by atoms with van der Waals surface area (Å²) in [7, 11) is 0. The molecule has 0 fully saturated rings. The Bertz CT molecular complexity index is 170. The SMILES string of the molecule is C=C(C(=O)OCC)C(C)(Cl)Cl. The molecule has 64 valence electrons. The first kappa shape index (κ1) is 10.8. The van der Waals surface area contributed by atoms with Crippen molar-refractivity contribution in [2.45, 2.75) is 18.2 Å². The van der Waals surface area contributed by atoms with Crippen molar-refractivity contribution in [3.05, 3.63) is 12.2 Å². The Balaban J connectivity index is 4.15. The molecule has 0 aromatic rings. The Morgan fingerprint density at radius 2 is 2.09 bits per heavy atom. The van der Waals surface area contributed by atoms with Crippen LogP contribution in [0, 0.1) is 0 Å². The molecule has 0 atom stereocenters. The minimum atomic E-state index is -1.24. The number of carbonyl (C=O) groups excluding carboxylic acids is 1. The van der Waals surface area contributed by atoms with Crippen LogP contribution in [0.25, 0.3) is 0 Å². The van der Waals surface area contributed by atoms with Crippen molar-refractivity contribution in [3.8, 4) is 0 Å². The minimum absolute atomic E-state index is 0.0580. The highest BCUT2D eigenvalue weighted by Gasteiger charge is 2.27. The summed E-state index contributed by atoms with van der Waals surface area (Å²) in [6, 6.07) is 0. The number of hydrogen-bond donors (Lipinski definition) is 0. The van der Waals surface area contributed by atoms with Crippen molar-refractivity contribution < 1.29 is 9.53 Å². The van der Waals surface area contributed by atoms with Crippen LogP contribution >= 0.6 is 23.2 Å². The van der Waals surface area contributed by atoms with Gasteiger partial charge in [-0.05, 0) is 13.8 Å². The van der Waals surface area contributed by atoms with Crippen LogP contribution in [0.1, 0.15) is 13.8 Å². The van der Waals surface area contributed by atoms with E-state index in [0.29, 0.717) is 6.61 Å². The van der Waals surface area contributed by atoms with Crippen molar-refractivity contribution in [2.75, 3.05) is 6.61 Å². The second kappa shape index (κ2) is 3.98. The van der Waals surface area contributed by atoms with E-state index in [2.05, 4.69) is 11.3 Å². The average molecular weight is 197 g/mol. The molecule has 0 amide bonds. The molecular formula is C7H10Cl2O2. The van der Waals surface area contributed by atoms with Crippen LogP contribution in [-0.2, 0) is 9.53 Å². The predicted molar refractivity (Wildman–Crippen MR) is 45.9 cm³/mol. The van der Waals surface area contributed by atoms with Gasteiger partial charge in [0.05, 0.1) is 12.2 Å². The van der Waals surface area contributed by atoms with E-state index >= 15 is 0 Å². The fraction of sp³-hybridized carbons (Fsp3) is 0.571. The van der Waals surface area contributed by atoms with Gasteiger partial charge in [0.1, 0.15) is 4.33 Å². The Morgan fingerprint density at radius 3 is 2.36 bits per heavy atom. The summed E-state index contributed by atoms with van der Waals surface area (Å²) in [5.74, 6) is -0.556. The van der Waals surface area contributed by atoms with E-state index in [0.717, 1.165) is 0 Å². The lowest BCUT2D eigenvalue weighted by molar-refractivity contribution is -0.138. The second-order valence-electron chi connectivity index (χ2n) is 2.09. The third kappa shape index (κ3) is 3.63. The van der Waals surface area contributed by atoms with Gasteiger partial charge in [0.15, 0.2) is 0 Å². The number of rotatable bonds is 3. The van der Waals surface area contributed by atoms with E-state index in [1.807, 2.05) is 0 Å². The molecule has 0 aliphatic heterocycles. The number of halogens is 2. The van der Waals surface area contributed by atoms with Gasteiger partial charge in [0.25, 0.3) is 0 Å². The van der Waals surface area contributed by atoms with Gasteiger partial charge in [-0.15, -0.1) is 0 Å². The third-order valence-corrected chi connectivity index (χ3v) is 1.51. The summed E-state index contributed by atoms with van der Waals surface area (Å²) in [5, 5.41) is 0. The normalized spacial score (nSPS) is 10.9. The zero-order valence-electron chi connectivity index (χ0n) is 6.49. The van der Waals surface area contributed by atoms with Crippen LogP contribution in [0.15, 0.2) is 12.2 Å². The predicted octanol–water partition coefficient (Wildman–Crippen LogP) is 2.30. The highest BCUT2D eigenvalue weighted by molar-refractivity contribution is 6.51.